The number of fused-ring (bicyclic) bond motifs is 1. The lowest BCUT2D eigenvalue weighted by molar-refractivity contribution is -0.122. The minimum atomic E-state index is -0.208. The maximum absolute atomic E-state index is 11.4. The van der Waals surface area contributed by atoms with Crippen LogP contribution in [0.5, 0.6) is 0 Å². The van der Waals surface area contributed by atoms with Crippen LogP contribution in [0.15, 0.2) is 30.9 Å². The minimum Gasteiger partial charge on any atom is -0.369 e. The van der Waals surface area contributed by atoms with Crippen molar-refractivity contribution in [3.63, 3.8) is 0 Å². The zero-order valence-electron chi connectivity index (χ0n) is 14.2. The van der Waals surface area contributed by atoms with Crippen LogP contribution < -0.4 is 16.0 Å². The summed E-state index contributed by atoms with van der Waals surface area (Å²) in [6.07, 6.45) is 6.52. The van der Waals surface area contributed by atoms with Crippen LogP contribution in [0, 0.1) is 5.92 Å². The number of pyridine rings is 1. The van der Waals surface area contributed by atoms with Gasteiger partial charge in [0.2, 0.25) is 5.91 Å². The lowest BCUT2D eigenvalue weighted by Gasteiger charge is -2.32. The van der Waals surface area contributed by atoms with Crippen molar-refractivity contribution in [3.8, 4) is 0 Å². The van der Waals surface area contributed by atoms with E-state index in [9.17, 15) is 4.79 Å². The fourth-order valence-corrected chi connectivity index (χ4v) is 3.31. The Morgan fingerprint density at radius 1 is 1.31 bits per heavy atom. The van der Waals surface area contributed by atoms with Crippen LogP contribution in [0.4, 0.5) is 11.6 Å². The van der Waals surface area contributed by atoms with E-state index in [1.54, 1.807) is 12.4 Å². The summed E-state index contributed by atoms with van der Waals surface area (Å²) < 4.78 is 0. The number of aromatic nitrogens is 5. The van der Waals surface area contributed by atoms with E-state index in [1.165, 1.54) is 6.33 Å². The van der Waals surface area contributed by atoms with Gasteiger partial charge in [0.25, 0.3) is 0 Å². The fourth-order valence-electron chi connectivity index (χ4n) is 3.31. The largest absolute Gasteiger partial charge is 0.369 e. The van der Waals surface area contributed by atoms with Gasteiger partial charge in [-0.3, -0.25) is 9.89 Å². The molecule has 0 unspecified atom stereocenters. The number of hydrogen-bond donors (Lipinski definition) is 3. The van der Waals surface area contributed by atoms with E-state index in [-0.39, 0.29) is 11.8 Å². The van der Waals surface area contributed by atoms with Crippen LogP contribution in [-0.4, -0.2) is 44.1 Å². The summed E-state index contributed by atoms with van der Waals surface area (Å²) in [6.45, 7) is 2.13. The summed E-state index contributed by atoms with van der Waals surface area (Å²) in [4.78, 5) is 26.6. The molecule has 1 amide bonds. The molecule has 3 aromatic heterocycles. The average Bonchev–Trinajstić information content (AvgIpc) is 3.16. The highest BCUT2D eigenvalue weighted by molar-refractivity contribution is 5.85. The molecule has 9 nitrogen and oxygen atoms in total. The molecule has 1 aliphatic rings. The Kier molecular flexibility index (Phi) is 4.34. The van der Waals surface area contributed by atoms with Gasteiger partial charge in [-0.2, -0.15) is 5.10 Å². The van der Waals surface area contributed by atoms with Crippen molar-refractivity contribution in [1.82, 2.24) is 25.1 Å². The van der Waals surface area contributed by atoms with Crippen LogP contribution in [-0.2, 0) is 11.3 Å². The summed E-state index contributed by atoms with van der Waals surface area (Å²) in [5, 5.41) is 11.0. The van der Waals surface area contributed by atoms with E-state index in [0.717, 1.165) is 48.5 Å². The van der Waals surface area contributed by atoms with Crippen molar-refractivity contribution in [3.05, 3.63) is 36.4 Å². The van der Waals surface area contributed by atoms with Gasteiger partial charge in [-0.05, 0) is 18.9 Å². The molecule has 1 aliphatic heterocycles. The second-order valence-electron chi connectivity index (χ2n) is 6.36. The number of rotatable bonds is 5. The smallest absolute Gasteiger partial charge is 0.220 e. The normalized spacial score (nSPS) is 15.3. The third-order valence-corrected chi connectivity index (χ3v) is 4.76. The first-order chi connectivity index (χ1) is 12.7. The zero-order chi connectivity index (χ0) is 17.9. The van der Waals surface area contributed by atoms with Crippen molar-refractivity contribution >= 4 is 28.6 Å². The molecule has 0 bridgehead atoms. The van der Waals surface area contributed by atoms with Crippen molar-refractivity contribution in [2.24, 2.45) is 11.7 Å². The highest BCUT2D eigenvalue weighted by atomic mass is 16.1. The summed E-state index contributed by atoms with van der Waals surface area (Å²) in [6, 6.07) is 3.97. The van der Waals surface area contributed by atoms with Crippen molar-refractivity contribution < 1.29 is 4.79 Å². The maximum atomic E-state index is 11.4. The number of H-pyrrole nitrogens is 1. The first-order valence-electron chi connectivity index (χ1n) is 8.58. The monoisotopic (exact) mass is 352 g/mol. The van der Waals surface area contributed by atoms with Crippen molar-refractivity contribution in [2.45, 2.75) is 19.4 Å². The molecule has 0 spiro atoms. The molecule has 0 aliphatic carbocycles. The van der Waals surface area contributed by atoms with E-state index in [4.69, 9.17) is 5.73 Å². The molecule has 1 fully saturated rings. The Bertz CT molecular complexity index is 916. The number of hydrogen-bond acceptors (Lipinski definition) is 7. The van der Waals surface area contributed by atoms with E-state index in [0.29, 0.717) is 12.2 Å². The number of primary amides is 1. The lowest BCUT2D eigenvalue weighted by Crippen LogP contribution is -2.39. The third-order valence-electron chi connectivity index (χ3n) is 4.76. The Morgan fingerprint density at radius 2 is 2.15 bits per heavy atom. The summed E-state index contributed by atoms with van der Waals surface area (Å²) in [5.74, 6) is 1.42. The maximum Gasteiger partial charge on any atom is 0.220 e. The highest BCUT2D eigenvalue weighted by Crippen LogP contribution is 2.25. The molecule has 26 heavy (non-hydrogen) atoms. The summed E-state index contributed by atoms with van der Waals surface area (Å²) >= 11 is 0. The third kappa shape index (κ3) is 3.15. The topological polar surface area (TPSA) is 126 Å². The molecular weight excluding hydrogens is 332 g/mol. The van der Waals surface area contributed by atoms with Crippen molar-refractivity contribution in [1.29, 1.82) is 0 Å². The van der Waals surface area contributed by atoms with Gasteiger partial charge in [0, 0.05) is 37.3 Å². The van der Waals surface area contributed by atoms with Gasteiger partial charge in [-0.15, -0.1) is 0 Å². The van der Waals surface area contributed by atoms with Crippen LogP contribution in [0.1, 0.15) is 18.4 Å². The Labute approximate surface area is 150 Å². The SMILES string of the molecule is NC(=O)C1CCN(c2ncccc2CNc2ncnc3[nH]ncc23)CC1. The number of carbonyl (C=O) groups is 1. The summed E-state index contributed by atoms with van der Waals surface area (Å²) in [7, 11) is 0. The molecular formula is C17H20N8O. The minimum absolute atomic E-state index is 0.0352. The highest BCUT2D eigenvalue weighted by Gasteiger charge is 2.24. The fraction of sp³-hybridized carbons (Fsp3) is 0.353. The standard InChI is InChI=1S/C17H20N8O/c18-14(26)11-3-6-25(7-4-11)17-12(2-1-5-19-17)8-20-15-13-9-23-24-16(13)22-10-21-15/h1-2,5,9-11H,3-4,6-8H2,(H2,18,26)(H2,20,21,22,23,24). The van der Waals surface area contributed by atoms with Gasteiger partial charge >= 0.3 is 0 Å². The molecule has 0 aromatic carbocycles. The molecule has 0 saturated carbocycles. The van der Waals surface area contributed by atoms with Gasteiger partial charge in [0.15, 0.2) is 5.65 Å². The van der Waals surface area contributed by atoms with Crippen LogP contribution in [0.3, 0.4) is 0 Å². The van der Waals surface area contributed by atoms with E-state index in [1.807, 2.05) is 12.1 Å². The molecule has 0 atom stereocenters. The number of carbonyl (C=O) groups excluding carboxylic acids is 1. The summed E-state index contributed by atoms with van der Waals surface area (Å²) in [5.41, 5.74) is 7.19. The van der Waals surface area contributed by atoms with E-state index in [2.05, 4.69) is 35.4 Å². The average molecular weight is 352 g/mol. The Morgan fingerprint density at radius 3 is 2.96 bits per heavy atom. The molecule has 3 aromatic rings. The van der Waals surface area contributed by atoms with Gasteiger partial charge in [-0.1, -0.05) is 6.07 Å². The number of nitrogens with two attached hydrogens (primary N) is 1. The molecule has 4 rings (SSSR count). The van der Waals surface area contributed by atoms with Gasteiger partial charge in [-0.25, -0.2) is 15.0 Å². The zero-order valence-corrected chi connectivity index (χ0v) is 14.2. The number of nitrogens with one attached hydrogen (secondary N) is 2. The first kappa shape index (κ1) is 16.2. The number of anilines is 2. The molecule has 0 radical (unpaired) electrons. The van der Waals surface area contributed by atoms with Crippen LogP contribution >= 0.6 is 0 Å². The first-order valence-corrected chi connectivity index (χ1v) is 8.58. The van der Waals surface area contributed by atoms with E-state index >= 15 is 0 Å². The molecule has 4 heterocycles. The predicted octanol–water partition coefficient (Wildman–Crippen LogP) is 1.06. The second-order valence-corrected chi connectivity index (χ2v) is 6.36. The van der Waals surface area contributed by atoms with Gasteiger partial charge in [0.1, 0.15) is 18.0 Å². The molecule has 1 saturated heterocycles. The molecule has 4 N–H and O–H groups in total. The van der Waals surface area contributed by atoms with Crippen LogP contribution in [0.25, 0.3) is 11.0 Å². The predicted molar refractivity (Wildman–Crippen MR) is 97.4 cm³/mol. The number of amides is 1. The Hall–Kier alpha value is -3.23. The molecule has 134 valence electrons. The molecule has 9 heteroatoms. The number of piperidine rings is 1. The van der Waals surface area contributed by atoms with Gasteiger partial charge in [0.05, 0.1) is 11.6 Å². The van der Waals surface area contributed by atoms with Crippen molar-refractivity contribution in [2.75, 3.05) is 23.3 Å². The number of aromatic amines is 1. The van der Waals surface area contributed by atoms with Crippen LogP contribution in [0.2, 0.25) is 0 Å². The lowest BCUT2D eigenvalue weighted by atomic mass is 9.96. The quantitative estimate of drug-likeness (QED) is 0.627. The number of nitrogens with zero attached hydrogens (tertiary/aromatic N) is 5. The van der Waals surface area contributed by atoms with E-state index < -0.39 is 0 Å². The Balaban J connectivity index is 1.50. The second kappa shape index (κ2) is 6.95. The van der Waals surface area contributed by atoms with Gasteiger partial charge < -0.3 is 16.0 Å².